The third-order valence-corrected chi connectivity index (χ3v) is 4.28. The molecule has 0 bridgehead atoms. The zero-order valence-electron chi connectivity index (χ0n) is 15.0. The van der Waals surface area contributed by atoms with E-state index in [1.807, 2.05) is 24.3 Å². The van der Waals surface area contributed by atoms with E-state index < -0.39 is 0 Å². The topological polar surface area (TPSA) is 87.7 Å². The Labute approximate surface area is 157 Å². The van der Waals surface area contributed by atoms with Crippen molar-refractivity contribution in [2.24, 2.45) is 0 Å². The molecule has 1 aliphatic heterocycles. The highest BCUT2D eigenvalue weighted by Gasteiger charge is 2.27. The summed E-state index contributed by atoms with van der Waals surface area (Å²) in [7, 11) is 1.60. The lowest BCUT2D eigenvalue weighted by Gasteiger charge is -2.24. The molecule has 1 saturated heterocycles. The van der Waals surface area contributed by atoms with Gasteiger partial charge in [-0.1, -0.05) is 12.1 Å². The minimum atomic E-state index is -0.344. The summed E-state index contributed by atoms with van der Waals surface area (Å²) in [6.07, 6.45) is 1.35. The maximum absolute atomic E-state index is 12.0. The summed E-state index contributed by atoms with van der Waals surface area (Å²) >= 11 is 0. The molecule has 1 heterocycles. The van der Waals surface area contributed by atoms with Crippen LogP contribution in [0.15, 0.2) is 48.5 Å². The molecule has 0 unspecified atom stereocenters. The number of hydrogen-bond donors (Lipinski definition) is 2. The van der Waals surface area contributed by atoms with Crippen molar-refractivity contribution in [2.75, 3.05) is 17.3 Å². The first kappa shape index (κ1) is 18.4. The van der Waals surface area contributed by atoms with Gasteiger partial charge in [0.05, 0.1) is 12.8 Å². The fraction of sp³-hybridized carbons (Fsp3) is 0.250. The lowest BCUT2D eigenvalue weighted by molar-refractivity contribution is -0.129. The Morgan fingerprint density at radius 3 is 2.22 bits per heavy atom. The van der Waals surface area contributed by atoms with Crippen LogP contribution in [0.5, 0.6) is 5.75 Å². The van der Waals surface area contributed by atoms with E-state index in [0.717, 1.165) is 11.3 Å². The normalized spacial score (nSPS) is 14.0. The second-order valence-electron chi connectivity index (χ2n) is 6.18. The van der Waals surface area contributed by atoms with Crippen LogP contribution in [0.1, 0.15) is 24.8 Å². The number of nitrogens with zero attached hydrogens (tertiary/aromatic N) is 1. The van der Waals surface area contributed by atoms with Crippen molar-refractivity contribution >= 4 is 29.2 Å². The Morgan fingerprint density at radius 1 is 1.00 bits per heavy atom. The molecule has 0 radical (unpaired) electrons. The Balaban J connectivity index is 1.55. The van der Waals surface area contributed by atoms with Gasteiger partial charge in [-0.15, -0.1) is 0 Å². The molecule has 2 aromatic rings. The van der Waals surface area contributed by atoms with E-state index in [2.05, 4.69) is 10.6 Å². The van der Waals surface area contributed by atoms with Gasteiger partial charge in [0, 0.05) is 25.1 Å². The molecule has 2 aromatic carbocycles. The molecule has 27 heavy (non-hydrogen) atoms. The molecule has 7 heteroatoms. The van der Waals surface area contributed by atoms with Crippen molar-refractivity contribution in [3.05, 3.63) is 54.1 Å². The fourth-order valence-corrected chi connectivity index (χ4v) is 2.84. The number of piperidine rings is 1. The van der Waals surface area contributed by atoms with Gasteiger partial charge in [0.1, 0.15) is 5.75 Å². The van der Waals surface area contributed by atoms with Gasteiger partial charge in [0.2, 0.25) is 11.8 Å². The summed E-state index contributed by atoms with van der Waals surface area (Å²) in [5.41, 5.74) is 2.04. The van der Waals surface area contributed by atoms with Crippen LogP contribution in [0.25, 0.3) is 0 Å². The van der Waals surface area contributed by atoms with Crippen LogP contribution in [0, 0.1) is 0 Å². The highest BCUT2D eigenvalue weighted by atomic mass is 16.5. The molecular formula is C20H21N3O4. The number of urea groups is 1. The average Bonchev–Trinajstić information content (AvgIpc) is 2.68. The van der Waals surface area contributed by atoms with Crippen LogP contribution in [0.4, 0.5) is 16.2 Å². The Kier molecular flexibility index (Phi) is 5.71. The fourth-order valence-electron chi connectivity index (χ4n) is 2.84. The SMILES string of the molecule is COc1ccc(CNC(=O)Nc2ccc(N3C(=O)CCCC3=O)cc2)cc1. The summed E-state index contributed by atoms with van der Waals surface area (Å²) in [4.78, 5) is 37.1. The summed E-state index contributed by atoms with van der Waals surface area (Å²) < 4.78 is 5.10. The van der Waals surface area contributed by atoms with Gasteiger partial charge in [-0.3, -0.25) is 14.5 Å². The molecule has 0 saturated carbocycles. The highest BCUT2D eigenvalue weighted by Crippen LogP contribution is 2.23. The number of anilines is 2. The van der Waals surface area contributed by atoms with E-state index in [0.29, 0.717) is 37.2 Å². The van der Waals surface area contributed by atoms with Crippen LogP contribution in [-0.4, -0.2) is 25.0 Å². The smallest absolute Gasteiger partial charge is 0.319 e. The molecule has 1 aliphatic rings. The number of hydrogen-bond acceptors (Lipinski definition) is 4. The zero-order chi connectivity index (χ0) is 19.2. The molecule has 4 amide bonds. The number of rotatable bonds is 5. The highest BCUT2D eigenvalue weighted by molar-refractivity contribution is 6.16. The maximum Gasteiger partial charge on any atom is 0.319 e. The minimum absolute atomic E-state index is 0.191. The summed E-state index contributed by atoms with van der Waals surface area (Å²) in [6.45, 7) is 0.380. The lowest BCUT2D eigenvalue weighted by atomic mass is 10.1. The van der Waals surface area contributed by atoms with E-state index in [4.69, 9.17) is 4.74 Å². The van der Waals surface area contributed by atoms with E-state index in [-0.39, 0.29) is 17.8 Å². The molecule has 1 fully saturated rings. The first-order valence-electron chi connectivity index (χ1n) is 8.70. The molecule has 3 rings (SSSR count). The van der Waals surface area contributed by atoms with Gasteiger partial charge in [0.15, 0.2) is 0 Å². The number of carbonyl (C=O) groups excluding carboxylic acids is 3. The second kappa shape index (κ2) is 8.35. The number of benzene rings is 2. The van der Waals surface area contributed by atoms with Gasteiger partial charge in [-0.05, 0) is 48.4 Å². The van der Waals surface area contributed by atoms with Crippen LogP contribution in [0.2, 0.25) is 0 Å². The van der Waals surface area contributed by atoms with E-state index in [1.165, 1.54) is 4.90 Å². The number of ether oxygens (including phenoxy) is 1. The molecular weight excluding hydrogens is 346 g/mol. The molecule has 0 atom stereocenters. The molecule has 0 aliphatic carbocycles. The van der Waals surface area contributed by atoms with Gasteiger partial charge in [0.25, 0.3) is 0 Å². The lowest BCUT2D eigenvalue weighted by Crippen LogP contribution is -2.40. The standard InChI is InChI=1S/C20H21N3O4/c1-27-17-11-5-14(6-12-17)13-21-20(26)22-15-7-9-16(10-8-15)23-18(24)3-2-4-19(23)25/h5-12H,2-4,13H2,1H3,(H2,21,22,26). The van der Waals surface area contributed by atoms with Crippen molar-refractivity contribution in [3.63, 3.8) is 0 Å². The Bertz CT molecular complexity index is 815. The van der Waals surface area contributed by atoms with Crippen LogP contribution < -0.4 is 20.3 Å². The van der Waals surface area contributed by atoms with Gasteiger partial charge >= 0.3 is 6.03 Å². The van der Waals surface area contributed by atoms with Gasteiger partial charge in [-0.2, -0.15) is 0 Å². The number of nitrogens with one attached hydrogen (secondary N) is 2. The third-order valence-electron chi connectivity index (χ3n) is 4.28. The summed E-state index contributed by atoms with van der Waals surface area (Å²) in [6, 6.07) is 13.7. The van der Waals surface area contributed by atoms with Crippen molar-refractivity contribution in [1.82, 2.24) is 5.32 Å². The van der Waals surface area contributed by atoms with Crippen LogP contribution >= 0.6 is 0 Å². The summed E-state index contributed by atoms with van der Waals surface area (Å²) in [5.74, 6) is 0.377. The number of methoxy groups -OCH3 is 1. The Morgan fingerprint density at radius 2 is 1.63 bits per heavy atom. The molecule has 140 valence electrons. The average molecular weight is 367 g/mol. The van der Waals surface area contributed by atoms with E-state index >= 15 is 0 Å². The van der Waals surface area contributed by atoms with Crippen LogP contribution in [-0.2, 0) is 16.1 Å². The molecule has 2 N–H and O–H groups in total. The zero-order valence-corrected chi connectivity index (χ0v) is 15.0. The van der Waals surface area contributed by atoms with Crippen molar-refractivity contribution in [1.29, 1.82) is 0 Å². The van der Waals surface area contributed by atoms with Crippen molar-refractivity contribution in [3.8, 4) is 5.75 Å². The Hall–Kier alpha value is -3.35. The van der Waals surface area contributed by atoms with E-state index in [1.54, 1.807) is 31.4 Å². The van der Waals surface area contributed by atoms with Crippen LogP contribution in [0.3, 0.4) is 0 Å². The molecule has 7 nitrogen and oxygen atoms in total. The summed E-state index contributed by atoms with van der Waals surface area (Å²) in [5, 5.41) is 5.49. The maximum atomic E-state index is 12.0. The largest absolute Gasteiger partial charge is 0.497 e. The first-order valence-corrected chi connectivity index (χ1v) is 8.70. The first-order chi connectivity index (χ1) is 13.1. The van der Waals surface area contributed by atoms with Crippen molar-refractivity contribution in [2.45, 2.75) is 25.8 Å². The van der Waals surface area contributed by atoms with Gasteiger partial charge in [-0.25, -0.2) is 4.79 Å². The minimum Gasteiger partial charge on any atom is -0.497 e. The third kappa shape index (κ3) is 4.63. The molecule has 0 spiro atoms. The van der Waals surface area contributed by atoms with Crippen molar-refractivity contribution < 1.29 is 19.1 Å². The monoisotopic (exact) mass is 367 g/mol. The predicted octanol–water partition coefficient (Wildman–Crippen LogP) is 3.06. The number of carbonyl (C=O) groups is 3. The quantitative estimate of drug-likeness (QED) is 0.795. The van der Waals surface area contributed by atoms with E-state index in [9.17, 15) is 14.4 Å². The second-order valence-corrected chi connectivity index (χ2v) is 6.18. The number of amides is 4. The number of imide groups is 1. The van der Waals surface area contributed by atoms with Gasteiger partial charge < -0.3 is 15.4 Å². The predicted molar refractivity (Wildman–Crippen MR) is 102 cm³/mol. The molecule has 0 aromatic heterocycles.